The first kappa shape index (κ1) is 15.8. The Morgan fingerprint density at radius 1 is 0.885 bits per heavy atom. The summed E-state index contributed by atoms with van der Waals surface area (Å²) in [6, 6.07) is 7.70. The van der Waals surface area contributed by atoms with Crippen LogP contribution in [0.3, 0.4) is 0 Å². The van der Waals surface area contributed by atoms with Crippen LogP contribution in [0.15, 0.2) is 24.3 Å². The Labute approximate surface area is 152 Å². The van der Waals surface area contributed by atoms with Gasteiger partial charge in [0.15, 0.2) is 23.0 Å². The second kappa shape index (κ2) is 5.28. The lowest BCUT2D eigenvalue weighted by Crippen LogP contribution is -2.52. The van der Waals surface area contributed by atoms with Gasteiger partial charge in [0.05, 0.1) is 21.3 Å². The van der Waals surface area contributed by atoms with Gasteiger partial charge in [0.1, 0.15) is 12.1 Å². The topological polar surface area (TPSA) is 60.0 Å². The Balaban J connectivity index is 1.68. The molecule has 2 aromatic rings. The molecule has 0 amide bonds. The van der Waals surface area contributed by atoms with E-state index in [1.807, 2.05) is 24.3 Å². The van der Waals surface area contributed by atoms with E-state index in [-0.39, 0.29) is 23.5 Å². The smallest absolute Gasteiger partial charge is 0.231 e. The normalized spacial score (nSPS) is 27.5. The zero-order valence-corrected chi connectivity index (χ0v) is 15.1. The van der Waals surface area contributed by atoms with E-state index in [0.29, 0.717) is 24.3 Å². The molecule has 0 saturated carbocycles. The maximum absolute atomic E-state index is 13.6. The van der Waals surface area contributed by atoms with Gasteiger partial charge in [-0.15, -0.1) is 0 Å². The van der Waals surface area contributed by atoms with Gasteiger partial charge in [-0.3, -0.25) is 0 Å². The zero-order chi connectivity index (χ0) is 18.1. The van der Waals surface area contributed by atoms with Crippen LogP contribution in [0.4, 0.5) is 0 Å². The van der Waals surface area contributed by atoms with Crippen LogP contribution in [0.25, 0.3) is 0 Å². The minimum absolute atomic E-state index is 0.163. The number of hydroxylamine groups is 3. The van der Waals surface area contributed by atoms with Crippen molar-refractivity contribution in [3.63, 3.8) is 0 Å². The Bertz CT molecular complexity index is 908. The van der Waals surface area contributed by atoms with Gasteiger partial charge in [-0.25, -0.2) is 0 Å². The van der Waals surface area contributed by atoms with Crippen molar-refractivity contribution in [2.75, 3.05) is 28.1 Å². The van der Waals surface area contributed by atoms with Crippen LogP contribution in [0.5, 0.6) is 23.0 Å². The predicted octanol–water partition coefficient (Wildman–Crippen LogP) is 3.27. The molecule has 0 saturated heterocycles. The van der Waals surface area contributed by atoms with Crippen molar-refractivity contribution >= 4 is 0 Å². The van der Waals surface area contributed by atoms with Gasteiger partial charge in [0.2, 0.25) is 6.79 Å². The standard InChI is InChI=1S/C20H21NO5/c1-21(22)15-5-12-7-19-20(26-10-25-19)9-14(12)16(21)4-11-6-17(23-2)18(24-3)8-13(11)15/h6-9,15-16H,4-5,10H2,1-3H3/t15-,16-,21?/m1/s1. The number of methoxy groups -OCH3 is 2. The van der Waals surface area contributed by atoms with Crippen LogP contribution < -0.4 is 18.9 Å². The summed E-state index contributed by atoms with van der Waals surface area (Å²) < 4.78 is 21.7. The molecule has 3 aliphatic rings. The highest BCUT2D eigenvalue weighted by Gasteiger charge is 2.47. The molecule has 26 heavy (non-hydrogen) atoms. The molecule has 3 heterocycles. The summed E-state index contributed by atoms with van der Waals surface area (Å²) in [5.74, 6) is 2.88. The fraction of sp³-hybridized carbons (Fsp3) is 0.400. The highest BCUT2D eigenvalue weighted by atomic mass is 16.7. The number of rotatable bonds is 2. The summed E-state index contributed by atoms with van der Waals surface area (Å²) in [6.45, 7) is 0.241. The fourth-order valence-electron chi connectivity index (χ4n) is 4.68. The number of fused-ring (bicyclic) bond motifs is 7. The minimum Gasteiger partial charge on any atom is -0.632 e. The summed E-state index contributed by atoms with van der Waals surface area (Å²) in [6.07, 6.45) is 1.34. The first-order valence-corrected chi connectivity index (χ1v) is 8.77. The number of benzene rings is 2. The zero-order valence-electron chi connectivity index (χ0n) is 15.1. The third-order valence-corrected chi connectivity index (χ3v) is 6.06. The molecule has 0 fully saturated rings. The lowest BCUT2D eigenvalue weighted by Gasteiger charge is -2.57. The Kier molecular flexibility index (Phi) is 3.21. The van der Waals surface area contributed by atoms with E-state index in [9.17, 15) is 5.21 Å². The molecule has 136 valence electrons. The van der Waals surface area contributed by atoms with E-state index >= 15 is 0 Å². The van der Waals surface area contributed by atoms with Crippen molar-refractivity contribution in [2.24, 2.45) is 0 Å². The van der Waals surface area contributed by atoms with Crippen LogP contribution in [0.1, 0.15) is 34.3 Å². The molecule has 0 N–H and O–H groups in total. The number of hydrogen-bond donors (Lipinski definition) is 0. The Hall–Kier alpha value is -2.44. The van der Waals surface area contributed by atoms with Crippen LogP contribution in [0, 0.1) is 5.21 Å². The average molecular weight is 355 g/mol. The minimum atomic E-state index is -0.310. The van der Waals surface area contributed by atoms with E-state index in [0.717, 1.165) is 28.2 Å². The maximum Gasteiger partial charge on any atom is 0.231 e. The number of quaternary nitrogens is 1. The number of hydrogen-bond acceptors (Lipinski definition) is 5. The molecular formula is C20H21NO5. The number of nitrogens with zero attached hydrogens (tertiary/aromatic N) is 1. The fourth-order valence-corrected chi connectivity index (χ4v) is 4.68. The molecule has 2 bridgehead atoms. The average Bonchev–Trinajstić information content (AvgIpc) is 3.07. The van der Waals surface area contributed by atoms with Crippen LogP contribution in [-0.2, 0) is 12.8 Å². The van der Waals surface area contributed by atoms with E-state index in [2.05, 4.69) is 0 Å². The summed E-state index contributed by atoms with van der Waals surface area (Å²) >= 11 is 0. The second-order valence-corrected chi connectivity index (χ2v) is 7.31. The molecule has 1 unspecified atom stereocenters. The summed E-state index contributed by atoms with van der Waals surface area (Å²) in [5, 5.41) is 13.6. The number of likely N-dealkylation sites (N-methyl/N-ethyl adjacent to an activating group) is 1. The van der Waals surface area contributed by atoms with Crippen molar-refractivity contribution in [2.45, 2.75) is 24.9 Å². The molecule has 0 aromatic heterocycles. The van der Waals surface area contributed by atoms with Crippen LogP contribution in [0.2, 0.25) is 0 Å². The summed E-state index contributed by atoms with van der Waals surface area (Å²) in [7, 11) is 5.04. The highest BCUT2D eigenvalue weighted by molar-refractivity contribution is 5.54. The number of ether oxygens (including phenoxy) is 4. The largest absolute Gasteiger partial charge is 0.632 e. The molecule has 6 heteroatoms. The Morgan fingerprint density at radius 2 is 1.42 bits per heavy atom. The second-order valence-electron chi connectivity index (χ2n) is 7.31. The summed E-state index contributed by atoms with van der Waals surface area (Å²) in [5.41, 5.74) is 4.46. The SMILES string of the molecule is COc1cc2c(cc1OC)[C@H]1Cc3cc4c(cc3[C@@H](C2)[N+]1(C)[O-])OCO4. The van der Waals surface area contributed by atoms with Gasteiger partial charge in [0, 0.05) is 24.0 Å². The molecule has 6 nitrogen and oxygen atoms in total. The lowest BCUT2D eigenvalue weighted by atomic mass is 9.76. The molecule has 0 radical (unpaired) electrons. The third kappa shape index (κ3) is 2.00. The molecular weight excluding hydrogens is 334 g/mol. The van der Waals surface area contributed by atoms with Crippen LogP contribution >= 0.6 is 0 Å². The van der Waals surface area contributed by atoms with Gasteiger partial charge in [-0.05, 0) is 35.4 Å². The van der Waals surface area contributed by atoms with Crippen molar-refractivity contribution in [3.8, 4) is 23.0 Å². The van der Waals surface area contributed by atoms with E-state index in [1.165, 1.54) is 5.56 Å². The quantitative estimate of drug-likeness (QED) is 0.611. The van der Waals surface area contributed by atoms with Gasteiger partial charge in [-0.1, -0.05) is 0 Å². The van der Waals surface area contributed by atoms with Crippen molar-refractivity contribution in [1.29, 1.82) is 0 Å². The Morgan fingerprint density at radius 3 is 2.08 bits per heavy atom. The third-order valence-electron chi connectivity index (χ3n) is 6.06. The molecule has 0 aliphatic carbocycles. The van der Waals surface area contributed by atoms with Gasteiger partial charge in [-0.2, -0.15) is 0 Å². The maximum atomic E-state index is 13.6. The van der Waals surface area contributed by atoms with Crippen LogP contribution in [-0.4, -0.2) is 32.7 Å². The lowest BCUT2D eigenvalue weighted by molar-refractivity contribution is -0.927. The molecule has 5 rings (SSSR count). The van der Waals surface area contributed by atoms with E-state index < -0.39 is 0 Å². The highest BCUT2D eigenvalue weighted by Crippen LogP contribution is 2.54. The van der Waals surface area contributed by atoms with Gasteiger partial charge >= 0.3 is 0 Å². The van der Waals surface area contributed by atoms with Gasteiger partial charge in [0.25, 0.3) is 0 Å². The first-order valence-electron chi connectivity index (χ1n) is 8.77. The molecule has 2 aromatic carbocycles. The predicted molar refractivity (Wildman–Crippen MR) is 94.6 cm³/mol. The first-order chi connectivity index (χ1) is 12.5. The molecule has 3 atom stereocenters. The van der Waals surface area contributed by atoms with E-state index in [1.54, 1.807) is 21.3 Å². The molecule has 0 spiro atoms. The molecule has 3 aliphatic heterocycles. The van der Waals surface area contributed by atoms with Gasteiger partial charge < -0.3 is 28.8 Å². The van der Waals surface area contributed by atoms with Crippen molar-refractivity contribution in [1.82, 2.24) is 0 Å². The monoisotopic (exact) mass is 355 g/mol. The van der Waals surface area contributed by atoms with E-state index in [4.69, 9.17) is 18.9 Å². The summed E-state index contributed by atoms with van der Waals surface area (Å²) in [4.78, 5) is 0. The van der Waals surface area contributed by atoms with Crippen molar-refractivity contribution < 1.29 is 23.6 Å². The van der Waals surface area contributed by atoms with Crippen molar-refractivity contribution in [3.05, 3.63) is 51.7 Å².